The molecule has 0 bridgehead atoms. The van der Waals surface area contributed by atoms with Crippen molar-refractivity contribution in [2.45, 2.75) is 77.7 Å². The molecule has 1 saturated heterocycles. The molecule has 108 valence electrons. The third-order valence-electron chi connectivity index (χ3n) is 4.20. The van der Waals surface area contributed by atoms with Gasteiger partial charge in [0.2, 0.25) is 0 Å². The standard InChI is InChI=1S/C16H34N2/c1-3-12-17-13-8-5-6-9-14-18-15-10-7-11-16(18)4-2/h16-17H,3-15H2,1-2H3. The molecule has 0 aromatic rings. The number of hydrogen-bond donors (Lipinski definition) is 1. The second-order valence-electron chi connectivity index (χ2n) is 5.76. The van der Waals surface area contributed by atoms with Gasteiger partial charge in [0.05, 0.1) is 0 Å². The fourth-order valence-electron chi connectivity index (χ4n) is 3.04. The lowest BCUT2D eigenvalue weighted by Crippen LogP contribution is -2.39. The average Bonchev–Trinajstić information content (AvgIpc) is 2.42. The van der Waals surface area contributed by atoms with Crippen molar-refractivity contribution in [3.05, 3.63) is 0 Å². The van der Waals surface area contributed by atoms with Gasteiger partial charge in [0, 0.05) is 6.04 Å². The Bertz CT molecular complexity index is 182. The molecule has 1 rings (SSSR count). The van der Waals surface area contributed by atoms with Crippen molar-refractivity contribution in [3.63, 3.8) is 0 Å². The molecule has 0 aromatic carbocycles. The third-order valence-corrected chi connectivity index (χ3v) is 4.20. The van der Waals surface area contributed by atoms with Crippen molar-refractivity contribution in [2.75, 3.05) is 26.2 Å². The molecule has 0 saturated carbocycles. The lowest BCUT2D eigenvalue weighted by molar-refractivity contribution is 0.141. The molecule has 1 aliphatic heterocycles. The molecule has 18 heavy (non-hydrogen) atoms. The van der Waals surface area contributed by atoms with Crippen molar-refractivity contribution in [1.29, 1.82) is 0 Å². The van der Waals surface area contributed by atoms with Gasteiger partial charge in [-0.3, -0.25) is 0 Å². The van der Waals surface area contributed by atoms with Crippen LogP contribution in [-0.4, -0.2) is 37.1 Å². The van der Waals surface area contributed by atoms with Crippen molar-refractivity contribution in [3.8, 4) is 0 Å². The highest BCUT2D eigenvalue weighted by Gasteiger charge is 2.19. The molecule has 2 heteroatoms. The predicted molar refractivity (Wildman–Crippen MR) is 81.1 cm³/mol. The van der Waals surface area contributed by atoms with E-state index in [1.165, 1.54) is 84.0 Å². The van der Waals surface area contributed by atoms with Crippen LogP contribution in [0.2, 0.25) is 0 Å². The summed E-state index contributed by atoms with van der Waals surface area (Å²) in [6.45, 7) is 9.69. The Morgan fingerprint density at radius 1 is 1.00 bits per heavy atom. The van der Waals surface area contributed by atoms with Crippen molar-refractivity contribution in [2.24, 2.45) is 0 Å². The summed E-state index contributed by atoms with van der Waals surface area (Å²) in [6.07, 6.45) is 12.5. The largest absolute Gasteiger partial charge is 0.317 e. The van der Waals surface area contributed by atoms with Gasteiger partial charge in [-0.2, -0.15) is 0 Å². The number of nitrogens with zero attached hydrogens (tertiary/aromatic N) is 1. The third kappa shape index (κ3) is 6.75. The molecular formula is C16H34N2. The van der Waals surface area contributed by atoms with Gasteiger partial charge in [-0.05, 0) is 64.7 Å². The molecule has 0 aliphatic carbocycles. The van der Waals surface area contributed by atoms with E-state index < -0.39 is 0 Å². The van der Waals surface area contributed by atoms with E-state index in [1.54, 1.807) is 0 Å². The number of rotatable bonds is 10. The maximum absolute atomic E-state index is 3.48. The molecule has 0 aromatic heterocycles. The summed E-state index contributed by atoms with van der Waals surface area (Å²) < 4.78 is 0. The molecule has 1 fully saturated rings. The Morgan fingerprint density at radius 3 is 2.61 bits per heavy atom. The van der Waals surface area contributed by atoms with E-state index in [9.17, 15) is 0 Å². The van der Waals surface area contributed by atoms with Gasteiger partial charge in [-0.1, -0.05) is 33.1 Å². The van der Waals surface area contributed by atoms with Gasteiger partial charge in [-0.25, -0.2) is 0 Å². The summed E-state index contributed by atoms with van der Waals surface area (Å²) in [5.74, 6) is 0. The Balaban J connectivity index is 1.93. The summed E-state index contributed by atoms with van der Waals surface area (Å²) >= 11 is 0. The number of likely N-dealkylation sites (tertiary alicyclic amines) is 1. The monoisotopic (exact) mass is 254 g/mol. The molecule has 1 unspecified atom stereocenters. The second kappa shape index (κ2) is 10.8. The topological polar surface area (TPSA) is 15.3 Å². The number of hydrogen-bond acceptors (Lipinski definition) is 2. The van der Waals surface area contributed by atoms with Crippen LogP contribution in [0.3, 0.4) is 0 Å². The number of unbranched alkanes of at least 4 members (excludes halogenated alkanes) is 3. The number of piperidine rings is 1. The van der Waals surface area contributed by atoms with E-state index >= 15 is 0 Å². The summed E-state index contributed by atoms with van der Waals surface area (Å²) in [5.41, 5.74) is 0. The minimum absolute atomic E-state index is 0.893. The zero-order valence-electron chi connectivity index (χ0n) is 12.7. The Labute approximate surface area is 115 Å². The average molecular weight is 254 g/mol. The van der Waals surface area contributed by atoms with Gasteiger partial charge in [0.1, 0.15) is 0 Å². The highest BCUT2D eigenvalue weighted by molar-refractivity contribution is 4.75. The maximum Gasteiger partial charge on any atom is 0.00926 e. The molecule has 1 heterocycles. The summed E-state index contributed by atoms with van der Waals surface area (Å²) in [4.78, 5) is 2.75. The maximum atomic E-state index is 3.48. The van der Waals surface area contributed by atoms with Crippen LogP contribution in [0.1, 0.15) is 71.6 Å². The first-order valence-electron chi connectivity index (χ1n) is 8.33. The predicted octanol–water partition coefficient (Wildman–Crippen LogP) is 3.81. The lowest BCUT2D eigenvalue weighted by Gasteiger charge is -2.35. The quantitative estimate of drug-likeness (QED) is 0.596. The van der Waals surface area contributed by atoms with Gasteiger partial charge in [0.15, 0.2) is 0 Å². The smallest absolute Gasteiger partial charge is 0.00926 e. The van der Waals surface area contributed by atoms with Crippen LogP contribution < -0.4 is 5.32 Å². The minimum atomic E-state index is 0.893. The molecular weight excluding hydrogens is 220 g/mol. The molecule has 0 radical (unpaired) electrons. The Kier molecular flexibility index (Phi) is 9.59. The molecule has 0 spiro atoms. The summed E-state index contributed by atoms with van der Waals surface area (Å²) in [6, 6.07) is 0.893. The Morgan fingerprint density at radius 2 is 1.83 bits per heavy atom. The first-order chi connectivity index (χ1) is 8.88. The highest BCUT2D eigenvalue weighted by atomic mass is 15.2. The lowest BCUT2D eigenvalue weighted by atomic mass is 9.99. The Hall–Kier alpha value is -0.0800. The normalized spacial score (nSPS) is 21.3. The van der Waals surface area contributed by atoms with Gasteiger partial charge in [0.25, 0.3) is 0 Å². The molecule has 0 amide bonds. The van der Waals surface area contributed by atoms with E-state index in [4.69, 9.17) is 0 Å². The zero-order valence-corrected chi connectivity index (χ0v) is 12.7. The first-order valence-corrected chi connectivity index (χ1v) is 8.33. The SMILES string of the molecule is CCCNCCCCCCN1CCCCC1CC. The van der Waals surface area contributed by atoms with Crippen molar-refractivity contribution >= 4 is 0 Å². The van der Waals surface area contributed by atoms with Crippen LogP contribution >= 0.6 is 0 Å². The summed E-state index contributed by atoms with van der Waals surface area (Å²) in [5, 5.41) is 3.48. The van der Waals surface area contributed by atoms with Crippen molar-refractivity contribution in [1.82, 2.24) is 10.2 Å². The van der Waals surface area contributed by atoms with E-state index in [-0.39, 0.29) is 0 Å². The van der Waals surface area contributed by atoms with Crippen LogP contribution in [0, 0.1) is 0 Å². The minimum Gasteiger partial charge on any atom is -0.317 e. The van der Waals surface area contributed by atoms with Crippen molar-refractivity contribution < 1.29 is 0 Å². The van der Waals surface area contributed by atoms with E-state index in [2.05, 4.69) is 24.1 Å². The van der Waals surface area contributed by atoms with Crippen LogP contribution in [-0.2, 0) is 0 Å². The van der Waals surface area contributed by atoms with Gasteiger partial charge in [-0.15, -0.1) is 0 Å². The van der Waals surface area contributed by atoms with E-state index in [0.717, 1.165) is 6.04 Å². The van der Waals surface area contributed by atoms with Crippen LogP contribution in [0.5, 0.6) is 0 Å². The first kappa shape index (κ1) is 16.0. The molecule has 2 nitrogen and oxygen atoms in total. The highest BCUT2D eigenvalue weighted by Crippen LogP contribution is 2.19. The van der Waals surface area contributed by atoms with Crippen LogP contribution in [0.15, 0.2) is 0 Å². The zero-order chi connectivity index (χ0) is 13.1. The molecule has 1 aliphatic rings. The fraction of sp³-hybridized carbons (Fsp3) is 1.00. The van der Waals surface area contributed by atoms with Gasteiger partial charge < -0.3 is 10.2 Å². The molecule has 1 atom stereocenters. The van der Waals surface area contributed by atoms with Crippen LogP contribution in [0.25, 0.3) is 0 Å². The summed E-state index contributed by atoms with van der Waals surface area (Å²) in [7, 11) is 0. The van der Waals surface area contributed by atoms with E-state index in [0.29, 0.717) is 0 Å². The fourth-order valence-corrected chi connectivity index (χ4v) is 3.04. The number of nitrogens with one attached hydrogen (secondary N) is 1. The van der Waals surface area contributed by atoms with E-state index in [1.807, 2.05) is 0 Å². The second-order valence-corrected chi connectivity index (χ2v) is 5.76. The molecule has 1 N–H and O–H groups in total. The van der Waals surface area contributed by atoms with Crippen LogP contribution in [0.4, 0.5) is 0 Å². The van der Waals surface area contributed by atoms with Gasteiger partial charge >= 0.3 is 0 Å².